The maximum Gasteiger partial charge on any atom is 0.163 e. The van der Waals surface area contributed by atoms with Crippen molar-refractivity contribution >= 4 is 22.4 Å². The topological polar surface area (TPSA) is 115 Å². The molecule has 0 bridgehead atoms. The van der Waals surface area contributed by atoms with E-state index in [1.165, 1.54) is 11.9 Å². The van der Waals surface area contributed by atoms with Crippen molar-refractivity contribution in [2.75, 3.05) is 52.6 Å². The molecule has 0 radical (unpaired) electrons. The van der Waals surface area contributed by atoms with E-state index in [2.05, 4.69) is 37.7 Å². The van der Waals surface area contributed by atoms with Crippen LogP contribution in [0.5, 0.6) is 11.5 Å². The molecule has 0 aliphatic carbocycles. The third-order valence-electron chi connectivity index (χ3n) is 6.54. The Labute approximate surface area is 250 Å². The van der Waals surface area contributed by atoms with E-state index < -0.39 is 0 Å². The van der Waals surface area contributed by atoms with Crippen molar-refractivity contribution in [3.05, 3.63) is 84.8 Å². The van der Waals surface area contributed by atoms with Gasteiger partial charge in [0.05, 0.1) is 31.5 Å². The van der Waals surface area contributed by atoms with Gasteiger partial charge in [-0.2, -0.15) is 0 Å². The average molecular weight is 585 g/mol. The van der Waals surface area contributed by atoms with Gasteiger partial charge >= 0.3 is 0 Å². The van der Waals surface area contributed by atoms with Crippen LogP contribution in [0.15, 0.2) is 79.3 Å². The van der Waals surface area contributed by atoms with Crippen LogP contribution in [0.2, 0.25) is 0 Å². The molecule has 224 valence electrons. The summed E-state index contributed by atoms with van der Waals surface area (Å²) in [5, 5.41) is 12.9. The Balaban J connectivity index is 1.25. The Morgan fingerprint density at radius 3 is 2.37 bits per heavy atom. The van der Waals surface area contributed by atoms with Gasteiger partial charge in [-0.05, 0) is 30.2 Å². The van der Waals surface area contributed by atoms with Gasteiger partial charge in [0.25, 0.3) is 0 Å². The van der Waals surface area contributed by atoms with Crippen LogP contribution in [0.25, 0.3) is 22.2 Å². The third kappa shape index (κ3) is 8.48. The Bertz CT molecular complexity index is 1580. The van der Waals surface area contributed by atoms with Crippen molar-refractivity contribution < 1.29 is 23.7 Å². The van der Waals surface area contributed by atoms with Crippen LogP contribution in [0.4, 0.5) is 11.5 Å². The van der Waals surface area contributed by atoms with Crippen LogP contribution < -0.4 is 14.8 Å². The fourth-order valence-electron chi connectivity index (χ4n) is 4.38. The normalized spacial score (nSPS) is 11.1. The lowest BCUT2D eigenvalue weighted by Crippen LogP contribution is -2.09. The molecule has 5 aromatic rings. The summed E-state index contributed by atoms with van der Waals surface area (Å²) in [4.78, 5) is 8.97. The van der Waals surface area contributed by atoms with Crippen LogP contribution in [0.3, 0.4) is 0 Å². The van der Waals surface area contributed by atoms with E-state index in [-0.39, 0.29) is 0 Å². The molecule has 0 saturated heterocycles. The first-order chi connectivity index (χ1) is 21.2. The molecule has 2 heterocycles. The molecule has 2 aromatic heterocycles. The highest BCUT2D eigenvalue weighted by Crippen LogP contribution is 2.35. The lowest BCUT2D eigenvalue weighted by molar-refractivity contribution is 0.115. The van der Waals surface area contributed by atoms with Crippen molar-refractivity contribution in [3.8, 4) is 22.8 Å². The fraction of sp³-hybridized carbons (Fsp3) is 0.312. The summed E-state index contributed by atoms with van der Waals surface area (Å²) < 4.78 is 29.8. The number of hydrogen-bond acceptors (Lipinski definition) is 10. The summed E-state index contributed by atoms with van der Waals surface area (Å²) >= 11 is 0. The van der Waals surface area contributed by atoms with Crippen molar-refractivity contribution in [2.45, 2.75) is 19.6 Å². The summed E-state index contributed by atoms with van der Waals surface area (Å²) in [6.45, 7) is 3.65. The molecular formula is C32H36N6O5. The zero-order valence-electron chi connectivity index (χ0n) is 24.4. The van der Waals surface area contributed by atoms with E-state index in [4.69, 9.17) is 23.7 Å². The monoisotopic (exact) mass is 584 g/mol. The molecule has 43 heavy (non-hydrogen) atoms. The zero-order valence-corrected chi connectivity index (χ0v) is 24.4. The zero-order chi connectivity index (χ0) is 29.7. The molecule has 0 saturated carbocycles. The molecule has 0 unspecified atom stereocenters. The predicted octanol–water partition coefficient (Wildman–Crippen LogP) is 5.29. The summed E-state index contributed by atoms with van der Waals surface area (Å²) in [6, 6.07) is 21.9. The fourth-order valence-corrected chi connectivity index (χ4v) is 4.38. The number of fused-ring (bicyclic) bond motifs is 1. The molecule has 0 fully saturated rings. The molecule has 3 aromatic carbocycles. The largest absolute Gasteiger partial charge is 0.487 e. The highest BCUT2D eigenvalue weighted by molar-refractivity contribution is 5.93. The minimum absolute atomic E-state index is 0.378. The Morgan fingerprint density at radius 2 is 1.58 bits per heavy atom. The van der Waals surface area contributed by atoms with Crippen molar-refractivity contribution in [1.82, 2.24) is 25.0 Å². The Morgan fingerprint density at radius 1 is 0.791 bits per heavy atom. The molecule has 0 spiro atoms. The van der Waals surface area contributed by atoms with Crippen LogP contribution in [0.1, 0.15) is 12.0 Å². The van der Waals surface area contributed by atoms with Gasteiger partial charge in [-0.1, -0.05) is 47.7 Å². The summed E-state index contributed by atoms with van der Waals surface area (Å²) in [6.07, 6.45) is 4.31. The van der Waals surface area contributed by atoms with E-state index >= 15 is 0 Å². The minimum Gasteiger partial charge on any atom is -0.487 e. The molecule has 0 aliphatic heterocycles. The van der Waals surface area contributed by atoms with Crippen molar-refractivity contribution in [1.29, 1.82) is 0 Å². The van der Waals surface area contributed by atoms with Gasteiger partial charge in [0.1, 0.15) is 31.1 Å². The van der Waals surface area contributed by atoms with Gasteiger partial charge < -0.3 is 29.0 Å². The second-order valence-corrected chi connectivity index (χ2v) is 9.69. The maximum atomic E-state index is 5.96. The summed E-state index contributed by atoms with van der Waals surface area (Å²) in [5.74, 6) is 1.80. The van der Waals surface area contributed by atoms with Gasteiger partial charge in [-0.25, -0.2) is 9.97 Å². The van der Waals surface area contributed by atoms with Gasteiger partial charge in [0, 0.05) is 50.1 Å². The summed E-state index contributed by atoms with van der Waals surface area (Å²) in [7, 11) is 3.26. The number of nitrogens with zero attached hydrogens (tertiary/aromatic N) is 5. The maximum absolute atomic E-state index is 5.96. The minimum atomic E-state index is 0.378. The average Bonchev–Trinajstić information content (AvgIpc) is 3.51. The number of hydrogen-bond donors (Lipinski definition) is 1. The highest BCUT2D eigenvalue weighted by atomic mass is 16.5. The molecule has 11 heteroatoms. The first kappa shape index (κ1) is 29.9. The molecule has 0 amide bonds. The van der Waals surface area contributed by atoms with Crippen LogP contribution >= 0.6 is 0 Å². The quantitative estimate of drug-likeness (QED) is 0.145. The number of aryl methyl sites for hydroxylation is 1. The molecule has 1 N–H and O–H groups in total. The first-order valence-electron chi connectivity index (χ1n) is 14.1. The smallest absolute Gasteiger partial charge is 0.163 e. The van der Waals surface area contributed by atoms with Gasteiger partial charge in [-0.15, -0.1) is 5.10 Å². The van der Waals surface area contributed by atoms with Crippen LogP contribution in [-0.2, 0) is 27.4 Å². The highest BCUT2D eigenvalue weighted by Gasteiger charge is 2.14. The molecule has 11 nitrogen and oxygen atoms in total. The number of aromatic nitrogens is 5. The number of ether oxygens (including phenoxy) is 5. The van der Waals surface area contributed by atoms with Crippen LogP contribution in [0, 0.1) is 0 Å². The molecule has 5 rings (SSSR count). The summed E-state index contributed by atoms with van der Waals surface area (Å²) in [5.41, 5.74) is 4.46. The number of methoxy groups -OCH3 is 2. The van der Waals surface area contributed by atoms with E-state index in [0.717, 1.165) is 40.8 Å². The van der Waals surface area contributed by atoms with E-state index in [1.54, 1.807) is 14.2 Å². The Kier molecular flexibility index (Phi) is 10.8. The van der Waals surface area contributed by atoms with E-state index in [9.17, 15) is 0 Å². The Hall–Kier alpha value is -4.58. The lowest BCUT2D eigenvalue weighted by Gasteiger charge is -2.15. The SMILES string of the molecule is COCCOc1cc2ncnc(Nc3cccc(-c4cn(CCCOCc5ccccc5)nn4)c3)c2cc1OCCOC. The van der Waals surface area contributed by atoms with Crippen LogP contribution in [-0.4, -0.2) is 72.2 Å². The van der Waals surface area contributed by atoms with Gasteiger partial charge in [-0.3, -0.25) is 4.68 Å². The predicted molar refractivity (Wildman–Crippen MR) is 164 cm³/mol. The second-order valence-electron chi connectivity index (χ2n) is 9.69. The molecular weight excluding hydrogens is 548 g/mol. The first-order valence-corrected chi connectivity index (χ1v) is 14.1. The lowest BCUT2D eigenvalue weighted by atomic mass is 10.1. The second kappa shape index (κ2) is 15.6. The van der Waals surface area contributed by atoms with E-state index in [0.29, 0.717) is 57.0 Å². The number of rotatable bonds is 17. The third-order valence-corrected chi connectivity index (χ3v) is 6.54. The van der Waals surface area contributed by atoms with Crippen molar-refractivity contribution in [3.63, 3.8) is 0 Å². The van der Waals surface area contributed by atoms with Gasteiger partial charge in [0.2, 0.25) is 0 Å². The number of benzene rings is 3. The number of nitrogens with one attached hydrogen (secondary N) is 1. The van der Waals surface area contributed by atoms with E-state index in [1.807, 2.05) is 65.5 Å². The number of anilines is 2. The molecule has 0 atom stereocenters. The van der Waals surface area contributed by atoms with Crippen molar-refractivity contribution in [2.24, 2.45) is 0 Å². The van der Waals surface area contributed by atoms with Gasteiger partial charge in [0.15, 0.2) is 11.5 Å². The molecule has 0 aliphatic rings. The standard InChI is InChI=1S/C32H36N6O5/c1-39-14-16-42-30-19-27-28(20-31(30)43-17-15-40-2)33-23-34-32(27)35-26-11-6-10-25(18-26)29-21-38(37-36-29)12-7-13-41-22-24-8-4-3-5-9-24/h3-6,8-11,18-21,23H,7,12-17,22H2,1-2H3,(H,33,34,35).